The van der Waals surface area contributed by atoms with Crippen molar-refractivity contribution in [1.29, 1.82) is 21.0 Å². The summed E-state index contributed by atoms with van der Waals surface area (Å²) >= 11 is 0. The van der Waals surface area contributed by atoms with E-state index >= 15 is 0 Å². The number of hydrogen-bond donors (Lipinski definition) is 0. The van der Waals surface area contributed by atoms with Crippen molar-refractivity contribution in [2.75, 3.05) is 0 Å². The SMILES string of the molecule is CC1C(C)C(C)C(C)C1C.N#CC(C#N)=C(C(=[C-]/C=C/c1ccccc1)c1ccccc1)C(=C(C#N)C#N)c1ccccc1.[Ru+2].c1ccc(P(c2ccccc2)c2ccccc2)cc1. The van der Waals surface area contributed by atoms with E-state index in [4.69, 9.17) is 0 Å². The van der Waals surface area contributed by atoms with Crippen LogP contribution in [0.3, 0.4) is 0 Å². The van der Waals surface area contributed by atoms with Crippen LogP contribution in [0.5, 0.6) is 0 Å². The molecule has 0 atom stereocenters. The van der Waals surface area contributed by atoms with Crippen LogP contribution in [0.1, 0.15) is 51.3 Å². The van der Waals surface area contributed by atoms with Crippen molar-refractivity contribution < 1.29 is 19.5 Å². The molecule has 7 rings (SSSR count). The van der Waals surface area contributed by atoms with E-state index in [0.717, 1.165) is 35.2 Å². The smallest absolute Gasteiger partial charge is 0.193 e. The summed E-state index contributed by atoms with van der Waals surface area (Å²) < 4.78 is 0. The summed E-state index contributed by atoms with van der Waals surface area (Å²) in [6.45, 7) is 12.0. The second-order valence-corrected chi connectivity index (χ2v) is 17.8. The van der Waals surface area contributed by atoms with Crippen LogP contribution in [0.2, 0.25) is 0 Å². The number of rotatable bonds is 9. The fraction of sp³-hybridized carbons (Fsp3) is 0.172. The molecule has 0 aliphatic heterocycles. The van der Waals surface area contributed by atoms with E-state index in [1.54, 1.807) is 36.4 Å². The average molecular weight is 937 g/mol. The van der Waals surface area contributed by atoms with Gasteiger partial charge in [-0.25, -0.2) is 0 Å². The first-order valence-electron chi connectivity index (χ1n) is 21.2. The van der Waals surface area contributed by atoms with Crippen LogP contribution >= 0.6 is 7.92 Å². The number of nitrogens with zero attached hydrogens (tertiary/aromatic N) is 4. The van der Waals surface area contributed by atoms with Crippen LogP contribution in [0.4, 0.5) is 0 Å². The Morgan fingerprint density at radius 3 is 1.09 bits per heavy atom. The van der Waals surface area contributed by atoms with Crippen molar-refractivity contribution in [3.8, 4) is 24.3 Å². The number of allylic oxidation sites excluding steroid dienone is 7. The normalized spacial score (nSPS) is 17.3. The molecule has 316 valence electrons. The monoisotopic (exact) mass is 937 g/mol. The Bertz CT molecular complexity index is 2500. The molecule has 6 aromatic carbocycles. The Labute approximate surface area is 395 Å². The molecule has 1 aliphatic rings. The standard InChI is InChI=1S/C30H17N4.C18H15P.C10H20.Ru/c31-19-26(20-32)29(25-16-8-3-9-17-25)30(27(21-33)22-34)28(24-14-6-2-7-15-24)18-10-13-23-11-4-1-5-12-23;1-4-10-16(11-5-1)19(17-12-6-2-7-13-17)18-14-8-3-9-15-18;1-6-7(2)9(4)10(5)8(6)3;/h1-17H;1-15H;6-10H,1-5H3;/q-1;;;+2/b13-10+;;;. The molecule has 1 saturated carbocycles. The molecule has 6 heteroatoms. The minimum atomic E-state index is -0.446. The fourth-order valence-corrected chi connectivity index (χ4v) is 10.2. The van der Waals surface area contributed by atoms with Gasteiger partial charge in [0.05, 0.1) is 5.57 Å². The first-order chi connectivity index (χ1) is 30.7. The van der Waals surface area contributed by atoms with Gasteiger partial charge in [0.2, 0.25) is 0 Å². The molecular formula is C58H52N4PRu+. The maximum atomic E-state index is 9.84. The molecule has 0 bridgehead atoms. The van der Waals surface area contributed by atoms with Gasteiger partial charge in [-0.3, -0.25) is 0 Å². The Hall–Kier alpha value is -6.71. The second kappa shape index (κ2) is 26.0. The molecular weight excluding hydrogens is 885 g/mol. The third kappa shape index (κ3) is 13.2. The quantitative estimate of drug-likeness (QED) is 0.0474. The molecule has 4 nitrogen and oxygen atoms in total. The van der Waals surface area contributed by atoms with Gasteiger partial charge in [0.25, 0.3) is 0 Å². The molecule has 0 unspecified atom stereocenters. The Morgan fingerprint density at radius 2 is 0.750 bits per heavy atom. The summed E-state index contributed by atoms with van der Waals surface area (Å²) in [5.41, 5.74) is 2.56. The van der Waals surface area contributed by atoms with Gasteiger partial charge in [-0.15, -0.1) is 23.8 Å². The minimum Gasteiger partial charge on any atom is -0.193 e. The van der Waals surface area contributed by atoms with Crippen LogP contribution in [0.15, 0.2) is 205 Å². The van der Waals surface area contributed by atoms with E-state index < -0.39 is 7.92 Å². The second-order valence-electron chi connectivity index (χ2n) is 15.6. The third-order valence-corrected chi connectivity index (χ3v) is 14.5. The molecule has 0 spiro atoms. The summed E-state index contributed by atoms with van der Waals surface area (Å²) in [6.07, 6.45) is 6.76. The summed E-state index contributed by atoms with van der Waals surface area (Å²) in [4.78, 5) is 0. The van der Waals surface area contributed by atoms with Crippen LogP contribution in [0, 0.1) is 81.0 Å². The molecule has 0 N–H and O–H groups in total. The zero-order valence-electron chi connectivity index (χ0n) is 37.0. The van der Waals surface area contributed by atoms with Crippen molar-refractivity contribution in [1.82, 2.24) is 0 Å². The first-order valence-corrected chi connectivity index (χ1v) is 22.6. The van der Waals surface area contributed by atoms with Gasteiger partial charge < -0.3 is 0 Å². The summed E-state index contributed by atoms with van der Waals surface area (Å²) in [6, 6.07) is 67.7. The first kappa shape index (κ1) is 49.9. The van der Waals surface area contributed by atoms with E-state index in [1.807, 2.05) is 91.0 Å². The fourth-order valence-electron chi connectivity index (χ4n) is 7.93. The minimum absolute atomic E-state index is 0. The summed E-state index contributed by atoms with van der Waals surface area (Å²) in [7, 11) is -0.446. The van der Waals surface area contributed by atoms with E-state index in [2.05, 4.69) is 132 Å². The van der Waals surface area contributed by atoms with E-state index in [-0.39, 0.29) is 41.8 Å². The number of hydrogen-bond acceptors (Lipinski definition) is 4. The zero-order valence-corrected chi connectivity index (χ0v) is 39.6. The molecule has 0 radical (unpaired) electrons. The van der Waals surface area contributed by atoms with Crippen molar-refractivity contribution in [3.05, 3.63) is 228 Å². The van der Waals surface area contributed by atoms with Crippen LogP contribution in [-0.4, -0.2) is 0 Å². The maximum absolute atomic E-state index is 9.84. The predicted molar refractivity (Wildman–Crippen MR) is 262 cm³/mol. The molecule has 0 aromatic heterocycles. The van der Waals surface area contributed by atoms with Gasteiger partial charge in [0.1, 0.15) is 29.8 Å². The molecule has 1 aliphatic carbocycles. The predicted octanol–water partition coefficient (Wildman–Crippen LogP) is 13.1. The zero-order chi connectivity index (χ0) is 45.0. The third-order valence-electron chi connectivity index (χ3n) is 12.1. The van der Waals surface area contributed by atoms with Crippen LogP contribution in [-0.2, 0) is 19.5 Å². The van der Waals surface area contributed by atoms with Crippen LogP contribution < -0.4 is 15.9 Å². The molecule has 1 fully saturated rings. The van der Waals surface area contributed by atoms with Gasteiger partial charge in [-0.05, 0) is 64.6 Å². The average Bonchev–Trinajstić information content (AvgIpc) is 3.51. The largest absolute Gasteiger partial charge is 2.00 e. The van der Waals surface area contributed by atoms with Crippen molar-refractivity contribution in [2.24, 2.45) is 29.6 Å². The molecule has 0 amide bonds. The Morgan fingerprint density at radius 1 is 0.438 bits per heavy atom. The van der Waals surface area contributed by atoms with Gasteiger partial charge in [-0.1, -0.05) is 233 Å². The van der Waals surface area contributed by atoms with E-state index in [0.29, 0.717) is 16.7 Å². The molecule has 0 heterocycles. The topological polar surface area (TPSA) is 95.2 Å². The molecule has 64 heavy (non-hydrogen) atoms. The van der Waals surface area contributed by atoms with Crippen LogP contribution in [0.25, 0.3) is 17.2 Å². The Balaban J connectivity index is 0.000000248. The van der Waals surface area contributed by atoms with E-state index in [9.17, 15) is 21.0 Å². The van der Waals surface area contributed by atoms with Gasteiger partial charge in [0.15, 0.2) is 0 Å². The van der Waals surface area contributed by atoms with Crippen molar-refractivity contribution in [3.63, 3.8) is 0 Å². The molecule has 0 saturated heterocycles. The Kier molecular flexibility index (Phi) is 20.3. The van der Waals surface area contributed by atoms with Crippen molar-refractivity contribution >= 4 is 41.1 Å². The summed E-state index contributed by atoms with van der Waals surface area (Å²) in [5.74, 6) is 4.68. The number of benzene rings is 6. The molecule has 6 aromatic rings. The number of nitriles is 4. The summed E-state index contributed by atoms with van der Waals surface area (Å²) in [5, 5.41) is 43.4. The van der Waals surface area contributed by atoms with E-state index in [1.165, 1.54) is 15.9 Å². The van der Waals surface area contributed by atoms with Crippen molar-refractivity contribution in [2.45, 2.75) is 34.6 Å². The van der Waals surface area contributed by atoms with Gasteiger partial charge in [0, 0.05) is 0 Å². The maximum Gasteiger partial charge on any atom is 2.00 e. The van der Waals surface area contributed by atoms with Gasteiger partial charge in [-0.2, -0.15) is 21.0 Å². The van der Waals surface area contributed by atoms with Gasteiger partial charge >= 0.3 is 19.5 Å².